The molecule has 2 rings (SSSR count). The van der Waals surface area contributed by atoms with E-state index < -0.39 is 0 Å². The average Bonchev–Trinajstić information content (AvgIpc) is 2.61. The zero-order valence-corrected chi connectivity index (χ0v) is 15.1. The van der Waals surface area contributed by atoms with Gasteiger partial charge in [0.15, 0.2) is 0 Å². The van der Waals surface area contributed by atoms with Crippen molar-refractivity contribution in [3.05, 3.63) is 65.2 Å². The zero-order chi connectivity index (χ0) is 18.1. The van der Waals surface area contributed by atoms with Gasteiger partial charge in [-0.3, -0.25) is 4.79 Å². The van der Waals surface area contributed by atoms with Gasteiger partial charge in [-0.05, 0) is 37.0 Å². The second kappa shape index (κ2) is 9.84. The van der Waals surface area contributed by atoms with E-state index in [0.29, 0.717) is 32.5 Å². The minimum absolute atomic E-state index is 0.0303. The van der Waals surface area contributed by atoms with Crippen molar-refractivity contribution in [2.45, 2.75) is 33.2 Å². The fraction of sp³-hybridized carbons (Fsp3) is 0.381. The quantitative estimate of drug-likeness (QED) is 0.710. The Hall–Kier alpha value is -2.33. The molecule has 0 aliphatic rings. The van der Waals surface area contributed by atoms with E-state index in [0.717, 1.165) is 22.4 Å². The Morgan fingerprint density at radius 1 is 1.04 bits per heavy atom. The van der Waals surface area contributed by atoms with Gasteiger partial charge in [0.1, 0.15) is 5.75 Å². The molecule has 0 fully saturated rings. The summed E-state index contributed by atoms with van der Waals surface area (Å²) in [5.41, 5.74) is 3.28. The van der Waals surface area contributed by atoms with Gasteiger partial charge in [0.25, 0.3) is 0 Å². The van der Waals surface area contributed by atoms with Crippen LogP contribution in [0.2, 0.25) is 0 Å². The summed E-state index contributed by atoms with van der Waals surface area (Å²) in [6.45, 7) is 5.41. The van der Waals surface area contributed by atoms with E-state index in [2.05, 4.69) is 0 Å². The molecular weight excluding hydrogens is 314 g/mol. The number of benzene rings is 2. The monoisotopic (exact) mass is 341 g/mol. The molecule has 0 unspecified atom stereocenters. The Bertz CT molecular complexity index is 650. The average molecular weight is 341 g/mol. The van der Waals surface area contributed by atoms with E-state index >= 15 is 0 Å². The van der Waals surface area contributed by atoms with Gasteiger partial charge in [-0.2, -0.15) is 0 Å². The number of carbonyl (C=O) groups is 1. The first kappa shape index (κ1) is 19.0. The van der Waals surface area contributed by atoms with Gasteiger partial charge in [0.05, 0.1) is 13.2 Å². The maximum Gasteiger partial charge on any atom is 0.223 e. The van der Waals surface area contributed by atoms with Crippen molar-refractivity contribution < 1.29 is 14.6 Å². The number of para-hydroxylation sites is 1. The van der Waals surface area contributed by atoms with Crippen LogP contribution in [0.5, 0.6) is 5.75 Å². The van der Waals surface area contributed by atoms with Crippen molar-refractivity contribution in [2.75, 3.05) is 19.8 Å². The molecule has 134 valence electrons. The van der Waals surface area contributed by atoms with E-state index in [4.69, 9.17) is 4.74 Å². The van der Waals surface area contributed by atoms with Crippen LogP contribution in [-0.2, 0) is 11.3 Å². The lowest BCUT2D eigenvalue weighted by Crippen LogP contribution is -2.33. The minimum atomic E-state index is -0.0303. The number of hydrogen-bond acceptors (Lipinski definition) is 3. The Balaban J connectivity index is 1.82. The Morgan fingerprint density at radius 2 is 1.72 bits per heavy atom. The third kappa shape index (κ3) is 5.91. The molecule has 0 bridgehead atoms. The normalized spacial score (nSPS) is 10.5. The van der Waals surface area contributed by atoms with Crippen LogP contribution < -0.4 is 4.74 Å². The molecule has 0 aromatic heterocycles. The van der Waals surface area contributed by atoms with Gasteiger partial charge in [-0.15, -0.1) is 0 Å². The molecule has 0 heterocycles. The molecule has 0 radical (unpaired) electrons. The number of carbonyl (C=O) groups excluding carboxylic acids is 1. The van der Waals surface area contributed by atoms with Crippen LogP contribution in [0.3, 0.4) is 0 Å². The van der Waals surface area contributed by atoms with Gasteiger partial charge < -0.3 is 14.7 Å². The molecule has 0 aliphatic heterocycles. The van der Waals surface area contributed by atoms with Crippen LogP contribution in [0.4, 0.5) is 0 Å². The highest BCUT2D eigenvalue weighted by atomic mass is 16.5. The largest absolute Gasteiger partial charge is 0.493 e. The molecule has 4 heteroatoms. The summed E-state index contributed by atoms with van der Waals surface area (Å²) in [6.07, 6.45) is 1.07. The third-order valence-corrected chi connectivity index (χ3v) is 4.13. The lowest BCUT2D eigenvalue weighted by atomic mass is 10.1. The first-order valence-electron chi connectivity index (χ1n) is 8.73. The Morgan fingerprint density at radius 3 is 2.36 bits per heavy atom. The molecule has 25 heavy (non-hydrogen) atoms. The fourth-order valence-electron chi connectivity index (χ4n) is 2.80. The van der Waals surface area contributed by atoms with Crippen LogP contribution in [0.1, 0.15) is 29.5 Å². The summed E-state index contributed by atoms with van der Waals surface area (Å²) in [7, 11) is 0. The highest BCUT2D eigenvalue weighted by Gasteiger charge is 2.13. The van der Waals surface area contributed by atoms with Crippen LogP contribution in [0.15, 0.2) is 48.5 Å². The number of ether oxygens (including phenoxy) is 1. The van der Waals surface area contributed by atoms with Crippen molar-refractivity contribution in [1.29, 1.82) is 0 Å². The van der Waals surface area contributed by atoms with E-state index in [1.54, 1.807) is 4.90 Å². The second-order valence-corrected chi connectivity index (χ2v) is 6.20. The van der Waals surface area contributed by atoms with Crippen molar-refractivity contribution >= 4 is 5.91 Å². The maximum atomic E-state index is 12.4. The molecule has 2 aromatic carbocycles. The minimum Gasteiger partial charge on any atom is -0.493 e. The van der Waals surface area contributed by atoms with Crippen LogP contribution >= 0.6 is 0 Å². The second-order valence-electron chi connectivity index (χ2n) is 6.20. The van der Waals surface area contributed by atoms with Crippen molar-refractivity contribution in [3.63, 3.8) is 0 Å². The molecule has 0 atom stereocenters. The smallest absolute Gasteiger partial charge is 0.223 e. The molecule has 1 N–H and O–H groups in total. The number of aliphatic hydroxyl groups is 1. The summed E-state index contributed by atoms with van der Waals surface area (Å²) >= 11 is 0. The summed E-state index contributed by atoms with van der Waals surface area (Å²) in [5.74, 6) is 0.953. The SMILES string of the molecule is Cc1cccc(C)c1OCCCC(=O)N(CCO)Cc1ccccc1. The van der Waals surface area contributed by atoms with E-state index in [9.17, 15) is 9.90 Å². The number of rotatable bonds is 9. The number of aryl methyl sites for hydroxylation is 2. The van der Waals surface area contributed by atoms with Crippen LogP contribution in [0, 0.1) is 13.8 Å². The number of amides is 1. The Labute approximate surface area is 150 Å². The first-order chi connectivity index (χ1) is 12.1. The van der Waals surface area contributed by atoms with Gasteiger partial charge in [-0.1, -0.05) is 48.5 Å². The predicted molar refractivity (Wildman–Crippen MR) is 99.6 cm³/mol. The lowest BCUT2D eigenvalue weighted by molar-refractivity contribution is -0.132. The Kier molecular flexibility index (Phi) is 7.48. The van der Waals surface area contributed by atoms with Crippen molar-refractivity contribution in [1.82, 2.24) is 4.90 Å². The maximum absolute atomic E-state index is 12.4. The van der Waals surface area contributed by atoms with E-state index in [1.165, 1.54) is 0 Å². The zero-order valence-electron chi connectivity index (χ0n) is 15.1. The van der Waals surface area contributed by atoms with Crippen molar-refractivity contribution in [3.8, 4) is 5.75 Å². The topological polar surface area (TPSA) is 49.8 Å². The van der Waals surface area contributed by atoms with Crippen LogP contribution in [-0.4, -0.2) is 35.7 Å². The molecule has 0 saturated heterocycles. The molecule has 0 saturated carbocycles. The van der Waals surface area contributed by atoms with E-state index in [-0.39, 0.29) is 12.5 Å². The third-order valence-electron chi connectivity index (χ3n) is 4.13. The molecule has 0 aliphatic carbocycles. The highest BCUT2D eigenvalue weighted by molar-refractivity contribution is 5.76. The fourth-order valence-corrected chi connectivity index (χ4v) is 2.80. The number of aliphatic hydroxyl groups excluding tert-OH is 1. The summed E-state index contributed by atoms with van der Waals surface area (Å²) in [4.78, 5) is 14.1. The predicted octanol–water partition coefficient (Wildman–Crippen LogP) is 3.48. The standard InChI is InChI=1S/C21H27NO3/c1-17-8-6-9-18(2)21(17)25-15-7-12-20(24)22(13-14-23)16-19-10-4-3-5-11-19/h3-6,8-11,23H,7,12-16H2,1-2H3. The van der Waals surface area contributed by atoms with Gasteiger partial charge in [-0.25, -0.2) is 0 Å². The van der Waals surface area contributed by atoms with E-state index in [1.807, 2.05) is 62.4 Å². The molecule has 2 aromatic rings. The lowest BCUT2D eigenvalue weighted by Gasteiger charge is -2.22. The number of nitrogens with zero attached hydrogens (tertiary/aromatic N) is 1. The van der Waals surface area contributed by atoms with Gasteiger partial charge >= 0.3 is 0 Å². The molecule has 4 nitrogen and oxygen atoms in total. The number of hydrogen-bond donors (Lipinski definition) is 1. The summed E-state index contributed by atoms with van der Waals surface area (Å²) in [6, 6.07) is 15.9. The first-order valence-corrected chi connectivity index (χ1v) is 8.73. The van der Waals surface area contributed by atoms with Gasteiger partial charge in [0, 0.05) is 19.5 Å². The van der Waals surface area contributed by atoms with Crippen molar-refractivity contribution in [2.24, 2.45) is 0 Å². The summed E-state index contributed by atoms with van der Waals surface area (Å²) in [5, 5.41) is 9.23. The molecule has 0 spiro atoms. The van der Waals surface area contributed by atoms with Gasteiger partial charge in [0.2, 0.25) is 5.91 Å². The highest BCUT2D eigenvalue weighted by Crippen LogP contribution is 2.22. The summed E-state index contributed by atoms with van der Waals surface area (Å²) < 4.78 is 5.86. The molecule has 1 amide bonds. The van der Waals surface area contributed by atoms with Crippen LogP contribution in [0.25, 0.3) is 0 Å². The molecular formula is C21H27NO3.